The summed E-state index contributed by atoms with van der Waals surface area (Å²) in [6.45, 7) is 0.672. The van der Waals surface area contributed by atoms with Gasteiger partial charge in [0, 0.05) is 42.7 Å². The Kier molecular flexibility index (Phi) is 20.9. The molecule has 3 fully saturated rings. The van der Waals surface area contributed by atoms with Gasteiger partial charge in [-0.15, -0.1) is 0 Å². The van der Waals surface area contributed by atoms with Gasteiger partial charge in [-0.25, -0.2) is 10.3 Å². The highest BCUT2D eigenvalue weighted by atomic mass is 32.2. The molecule has 1 aromatic rings. The van der Waals surface area contributed by atoms with Crippen LogP contribution >= 0.6 is 11.8 Å². The lowest BCUT2D eigenvalue weighted by atomic mass is 9.90. The van der Waals surface area contributed by atoms with E-state index in [-0.39, 0.29) is 55.0 Å². The number of aromatic hydroxyl groups is 1. The van der Waals surface area contributed by atoms with Crippen LogP contribution < -0.4 is 53.7 Å². The number of carbonyl (C=O) groups is 9. The van der Waals surface area contributed by atoms with Gasteiger partial charge in [0.05, 0.1) is 25.2 Å². The predicted molar refractivity (Wildman–Crippen MR) is 234 cm³/mol. The van der Waals surface area contributed by atoms with Gasteiger partial charge in [0.1, 0.15) is 23.9 Å². The lowest BCUT2D eigenvalue weighted by Crippen LogP contribution is -2.55. The van der Waals surface area contributed by atoms with Gasteiger partial charge in [-0.3, -0.25) is 43.6 Å². The molecule has 354 valence electrons. The van der Waals surface area contributed by atoms with Crippen LogP contribution in [0.3, 0.4) is 0 Å². The number of carbonyl (C=O) groups excluding carboxylic acids is 9. The molecule has 4 rings (SSSR count). The summed E-state index contributed by atoms with van der Waals surface area (Å²) in [6, 6.07) is 2.65. The summed E-state index contributed by atoms with van der Waals surface area (Å²) in [5.74, 6) is -4.80. The molecule has 0 bridgehead atoms. The van der Waals surface area contributed by atoms with Gasteiger partial charge in [0.2, 0.25) is 47.3 Å². The number of nitrogens with one attached hydrogen (secondary N) is 9. The fourth-order valence-electron chi connectivity index (χ4n) is 8.10. The second-order valence-electron chi connectivity index (χ2n) is 16.7. The number of hydroxylamine groups is 1. The lowest BCUT2D eigenvalue weighted by molar-refractivity contribution is -0.137. The summed E-state index contributed by atoms with van der Waals surface area (Å²) in [6.07, 6.45) is 7.99. The van der Waals surface area contributed by atoms with E-state index in [0.29, 0.717) is 43.0 Å². The summed E-state index contributed by atoms with van der Waals surface area (Å²) in [4.78, 5) is 113. The van der Waals surface area contributed by atoms with Crippen molar-refractivity contribution >= 4 is 65.1 Å². The maximum atomic E-state index is 13.4. The second-order valence-corrected chi connectivity index (χ2v) is 18.0. The molecule has 21 nitrogen and oxygen atoms in total. The van der Waals surface area contributed by atoms with Crippen LogP contribution in [-0.4, -0.2) is 124 Å². The molecule has 1 saturated carbocycles. The first-order valence-electron chi connectivity index (χ1n) is 22.0. The molecule has 1 aromatic carbocycles. The molecule has 7 atom stereocenters. The summed E-state index contributed by atoms with van der Waals surface area (Å²) in [7, 11) is 0. The van der Waals surface area contributed by atoms with Gasteiger partial charge in [0.15, 0.2) is 0 Å². The number of rotatable bonds is 27. The van der Waals surface area contributed by atoms with E-state index in [0.717, 1.165) is 50.7 Å². The van der Waals surface area contributed by atoms with Gasteiger partial charge in [-0.2, -0.15) is 11.8 Å². The number of hydrogen-bond acceptors (Lipinski definition) is 12. The number of benzene rings is 1. The van der Waals surface area contributed by atoms with Gasteiger partial charge < -0.3 is 53.4 Å². The maximum Gasteiger partial charge on any atom is 0.315 e. The number of amides is 10. The van der Waals surface area contributed by atoms with Crippen LogP contribution in [0.15, 0.2) is 24.3 Å². The molecular formula is C42H64N10O11S. The Labute approximate surface area is 376 Å². The molecule has 0 spiro atoms. The van der Waals surface area contributed by atoms with Crippen LogP contribution in [0.5, 0.6) is 5.75 Å². The summed E-state index contributed by atoms with van der Waals surface area (Å²) < 4.78 is 0. The van der Waals surface area contributed by atoms with Crippen molar-refractivity contribution in [2.24, 2.45) is 17.6 Å². The Hall–Kier alpha value is -5.64. The highest BCUT2D eigenvalue weighted by molar-refractivity contribution is 8.00. The Morgan fingerprint density at radius 3 is 2.22 bits per heavy atom. The molecule has 64 heavy (non-hydrogen) atoms. The summed E-state index contributed by atoms with van der Waals surface area (Å²) in [5, 5.41) is 40.3. The van der Waals surface area contributed by atoms with Crippen molar-refractivity contribution in [3.8, 4) is 5.75 Å². The standard InChI is InChI=1S/C42H64N10O11S/c1-24(47-40(60)27(20-34(55)52-63)18-25-8-2-3-9-25)39(59)49-30(19-26-13-15-28(53)16-14-26)41(61)46-21-35(56)45-22-36(57)48-29(38(43)58)10-6-7-17-44-33(54)12-5-4-11-32-37-31(23-64-32)50-42(62)51-37/h13-16,24-25,27,29-32,37,53,63H,2-12,17-23H2,1H3,(H2,43,58)(H,44,54)(H,45,56)(H,46,61)(H,47,60)(H,48,57)(H,49,59)(H,52,55)(H2,50,51,62)/t24-,27?,29-,30-,31-,32-,37-/m0/s1. The minimum absolute atomic E-state index is 0.0214. The zero-order chi connectivity index (χ0) is 46.6. The molecule has 2 heterocycles. The number of phenolic OH excluding ortho intramolecular Hbond substituents is 1. The molecule has 0 aromatic heterocycles. The highest BCUT2D eigenvalue weighted by Crippen LogP contribution is 2.33. The smallest absolute Gasteiger partial charge is 0.315 e. The van der Waals surface area contributed by atoms with Crippen molar-refractivity contribution in [3.05, 3.63) is 29.8 Å². The van der Waals surface area contributed by atoms with E-state index in [4.69, 9.17) is 10.9 Å². The van der Waals surface area contributed by atoms with E-state index in [9.17, 15) is 48.3 Å². The minimum Gasteiger partial charge on any atom is -0.508 e. The molecule has 2 aliphatic heterocycles. The molecule has 10 amide bonds. The van der Waals surface area contributed by atoms with Crippen molar-refractivity contribution in [2.45, 2.75) is 132 Å². The number of urea groups is 1. The number of thioether (sulfide) groups is 1. The minimum atomic E-state index is -1.25. The molecule has 22 heteroatoms. The fraction of sp³-hybridized carbons (Fsp3) is 0.643. The number of hydrogen-bond donors (Lipinski definition) is 12. The first kappa shape index (κ1) is 51.0. The maximum absolute atomic E-state index is 13.4. The Morgan fingerprint density at radius 1 is 0.797 bits per heavy atom. The van der Waals surface area contributed by atoms with Crippen LogP contribution in [0.2, 0.25) is 0 Å². The number of nitrogens with two attached hydrogens (primary N) is 1. The summed E-state index contributed by atoms with van der Waals surface area (Å²) in [5.41, 5.74) is 7.60. The SMILES string of the molecule is C[C@H](NC(=O)C(CC(=O)NO)CC1CCCC1)C(=O)N[C@@H](Cc1ccc(O)cc1)C(=O)NCC(=O)NCC(=O)N[C@@H](CCCCNC(=O)CCCC[C@@H]1SC[C@@H]2NC(=O)N[C@@H]21)C(N)=O. The first-order chi connectivity index (χ1) is 30.6. The van der Waals surface area contributed by atoms with Crippen LogP contribution in [0, 0.1) is 11.8 Å². The third-order valence-corrected chi connectivity index (χ3v) is 13.2. The van der Waals surface area contributed by atoms with Crippen LogP contribution in [0.4, 0.5) is 4.79 Å². The highest BCUT2D eigenvalue weighted by Gasteiger charge is 2.42. The second kappa shape index (κ2) is 26.2. The van der Waals surface area contributed by atoms with Crippen molar-refractivity contribution < 1.29 is 53.5 Å². The Balaban J connectivity index is 1.15. The van der Waals surface area contributed by atoms with Crippen molar-refractivity contribution in [1.82, 2.24) is 48.0 Å². The topological polar surface area (TPSA) is 328 Å². The average Bonchev–Trinajstić information content (AvgIpc) is 4.01. The number of fused-ring (bicyclic) bond motifs is 1. The Bertz CT molecular complexity index is 1800. The molecule has 0 radical (unpaired) electrons. The van der Waals surface area contributed by atoms with Crippen LogP contribution in [-0.2, 0) is 44.8 Å². The Morgan fingerprint density at radius 2 is 1.52 bits per heavy atom. The van der Waals surface area contributed by atoms with E-state index in [1.54, 1.807) is 17.6 Å². The third kappa shape index (κ3) is 17.5. The molecular weight excluding hydrogens is 853 g/mol. The normalized spacial score (nSPS) is 19.7. The van der Waals surface area contributed by atoms with Crippen molar-refractivity contribution in [3.63, 3.8) is 0 Å². The largest absolute Gasteiger partial charge is 0.508 e. The number of unbranched alkanes of at least 4 members (excludes halogenated alkanes) is 2. The van der Waals surface area contributed by atoms with Crippen LogP contribution in [0.25, 0.3) is 0 Å². The molecule has 3 aliphatic rings. The predicted octanol–water partition coefficient (Wildman–Crippen LogP) is -0.769. The average molecular weight is 917 g/mol. The van der Waals surface area contributed by atoms with E-state index in [1.807, 2.05) is 11.8 Å². The zero-order valence-electron chi connectivity index (χ0n) is 36.2. The molecule has 13 N–H and O–H groups in total. The van der Waals surface area contributed by atoms with E-state index < -0.39 is 78.5 Å². The molecule has 1 aliphatic carbocycles. The van der Waals surface area contributed by atoms with Crippen LogP contribution in [0.1, 0.15) is 96.0 Å². The third-order valence-electron chi connectivity index (χ3n) is 11.7. The quantitative estimate of drug-likeness (QED) is 0.0224. The van der Waals surface area contributed by atoms with E-state index >= 15 is 0 Å². The van der Waals surface area contributed by atoms with Gasteiger partial charge in [-0.05, 0) is 69.1 Å². The molecule has 1 unspecified atom stereocenters. The van der Waals surface area contributed by atoms with Gasteiger partial charge in [0.25, 0.3) is 0 Å². The number of phenols is 1. The monoisotopic (exact) mass is 916 g/mol. The zero-order valence-corrected chi connectivity index (χ0v) is 37.0. The summed E-state index contributed by atoms with van der Waals surface area (Å²) >= 11 is 1.83. The van der Waals surface area contributed by atoms with Gasteiger partial charge in [-0.1, -0.05) is 44.2 Å². The molecule has 2 saturated heterocycles. The van der Waals surface area contributed by atoms with Crippen molar-refractivity contribution in [2.75, 3.05) is 25.4 Å². The lowest BCUT2D eigenvalue weighted by Gasteiger charge is -2.24. The van der Waals surface area contributed by atoms with Crippen molar-refractivity contribution in [1.29, 1.82) is 0 Å². The van der Waals surface area contributed by atoms with Gasteiger partial charge >= 0.3 is 6.03 Å². The first-order valence-corrected chi connectivity index (χ1v) is 23.1. The number of primary amides is 1. The van der Waals surface area contributed by atoms with E-state index in [1.165, 1.54) is 19.1 Å². The van der Waals surface area contributed by atoms with E-state index in [2.05, 4.69) is 42.5 Å². The fourth-order valence-corrected chi connectivity index (χ4v) is 9.64.